The molecule has 0 unspecified atom stereocenters. The number of hydrogen-bond donors (Lipinski definition) is 1. The van der Waals surface area contributed by atoms with Gasteiger partial charge in [-0.25, -0.2) is 10.3 Å². The normalized spacial score (nSPS) is 10.8. The summed E-state index contributed by atoms with van der Waals surface area (Å²) >= 11 is 5.88. The Morgan fingerprint density at radius 2 is 2.29 bits per heavy atom. The van der Waals surface area contributed by atoms with E-state index < -0.39 is 0 Å². The smallest absolute Gasteiger partial charge is 0.254 e. The average molecular weight is 258 g/mol. The first-order chi connectivity index (χ1) is 8.19. The zero-order valence-corrected chi connectivity index (χ0v) is 9.45. The van der Waals surface area contributed by atoms with Gasteiger partial charge in [0.2, 0.25) is 0 Å². The maximum absolute atomic E-state index is 12.8. The molecule has 5 nitrogen and oxygen atoms in total. The van der Waals surface area contributed by atoms with Gasteiger partial charge in [0.1, 0.15) is 12.4 Å². The van der Waals surface area contributed by atoms with Crippen molar-refractivity contribution in [1.82, 2.24) is 10.1 Å². The Balaban J connectivity index is 2.13. The van der Waals surface area contributed by atoms with E-state index in [-0.39, 0.29) is 18.3 Å². The standard InChI is InChI=1S/C10H9ClFN3O2/c11-8-4-7(12)2-1-6(8)3-9-14-10(5-16-13)17-15-9/h1-2,4H,3,5,13H2. The van der Waals surface area contributed by atoms with Crippen molar-refractivity contribution in [2.24, 2.45) is 5.90 Å². The van der Waals surface area contributed by atoms with Crippen LogP contribution in [0.25, 0.3) is 0 Å². The molecule has 7 heteroatoms. The number of aromatic nitrogens is 2. The van der Waals surface area contributed by atoms with Crippen LogP contribution in [0.2, 0.25) is 5.02 Å². The quantitative estimate of drug-likeness (QED) is 0.846. The molecule has 0 saturated heterocycles. The first-order valence-corrected chi connectivity index (χ1v) is 5.14. The third-order valence-electron chi connectivity index (χ3n) is 2.08. The van der Waals surface area contributed by atoms with Gasteiger partial charge >= 0.3 is 0 Å². The van der Waals surface area contributed by atoms with Crippen LogP contribution in [-0.4, -0.2) is 10.1 Å². The highest BCUT2D eigenvalue weighted by molar-refractivity contribution is 6.31. The molecule has 0 atom stereocenters. The third-order valence-corrected chi connectivity index (χ3v) is 2.43. The molecule has 0 bridgehead atoms. The fourth-order valence-electron chi connectivity index (χ4n) is 1.33. The summed E-state index contributed by atoms with van der Waals surface area (Å²) in [5, 5.41) is 4.04. The van der Waals surface area contributed by atoms with Gasteiger partial charge in [-0.15, -0.1) is 0 Å². The van der Waals surface area contributed by atoms with Gasteiger partial charge in [-0.3, -0.25) is 4.84 Å². The molecule has 2 N–H and O–H groups in total. The van der Waals surface area contributed by atoms with Gasteiger partial charge in [0.05, 0.1) is 0 Å². The minimum Gasteiger partial charge on any atom is -0.337 e. The lowest BCUT2D eigenvalue weighted by molar-refractivity contribution is 0.0995. The number of nitrogens with two attached hydrogens (primary N) is 1. The van der Waals surface area contributed by atoms with Crippen molar-refractivity contribution in [3.8, 4) is 0 Å². The van der Waals surface area contributed by atoms with E-state index in [2.05, 4.69) is 15.0 Å². The molecule has 0 amide bonds. The van der Waals surface area contributed by atoms with Crippen LogP contribution >= 0.6 is 11.6 Å². The summed E-state index contributed by atoms with van der Waals surface area (Å²) in [5.41, 5.74) is 0.717. The van der Waals surface area contributed by atoms with Crippen molar-refractivity contribution in [2.75, 3.05) is 0 Å². The second kappa shape index (κ2) is 5.22. The summed E-state index contributed by atoms with van der Waals surface area (Å²) < 4.78 is 17.7. The molecule has 0 radical (unpaired) electrons. The van der Waals surface area contributed by atoms with Gasteiger partial charge < -0.3 is 4.52 Å². The molecule has 0 aliphatic carbocycles. The van der Waals surface area contributed by atoms with E-state index in [1.165, 1.54) is 12.1 Å². The molecule has 2 rings (SSSR count). The van der Waals surface area contributed by atoms with E-state index in [1.807, 2.05) is 0 Å². The SMILES string of the molecule is NOCc1nc(Cc2ccc(F)cc2Cl)no1. The van der Waals surface area contributed by atoms with E-state index in [4.69, 9.17) is 22.0 Å². The maximum Gasteiger partial charge on any atom is 0.254 e. The highest BCUT2D eigenvalue weighted by Crippen LogP contribution is 2.19. The molecule has 90 valence electrons. The fourth-order valence-corrected chi connectivity index (χ4v) is 1.56. The Hall–Kier alpha value is -1.50. The summed E-state index contributed by atoms with van der Waals surface area (Å²) in [5.74, 6) is 5.20. The van der Waals surface area contributed by atoms with Gasteiger partial charge in [-0.1, -0.05) is 22.8 Å². The first-order valence-electron chi connectivity index (χ1n) is 4.76. The Bertz CT molecular complexity index is 518. The molecule has 0 saturated carbocycles. The number of halogens is 2. The van der Waals surface area contributed by atoms with Gasteiger partial charge in [0.15, 0.2) is 5.82 Å². The number of rotatable bonds is 4. The number of benzene rings is 1. The fraction of sp³-hybridized carbons (Fsp3) is 0.200. The van der Waals surface area contributed by atoms with E-state index in [0.717, 1.165) is 0 Å². The first kappa shape index (κ1) is 12.0. The molecule has 1 heterocycles. The summed E-state index contributed by atoms with van der Waals surface area (Å²) in [6.07, 6.45) is 0.354. The Morgan fingerprint density at radius 1 is 1.47 bits per heavy atom. The summed E-state index contributed by atoms with van der Waals surface area (Å²) in [4.78, 5) is 8.38. The minimum atomic E-state index is -0.385. The van der Waals surface area contributed by atoms with Crippen LogP contribution in [0.3, 0.4) is 0 Å². The second-order valence-corrected chi connectivity index (χ2v) is 3.74. The monoisotopic (exact) mass is 257 g/mol. The third kappa shape index (κ3) is 3.00. The molecule has 2 aromatic rings. The van der Waals surface area contributed by atoms with Crippen LogP contribution in [0.4, 0.5) is 4.39 Å². The summed E-state index contributed by atoms with van der Waals surface area (Å²) in [6, 6.07) is 4.14. The topological polar surface area (TPSA) is 74.2 Å². The molecular formula is C10H9ClFN3O2. The van der Waals surface area contributed by atoms with E-state index >= 15 is 0 Å². The van der Waals surface area contributed by atoms with Crippen molar-refractivity contribution in [2.45, 2.75) is 13.0 Å². The minimum absolute atomic E-state index is 0.0458. The largest absolute Gasteiger partial charge is 0.337 e. The molecule has 1 aromatic carbocycles. The van der Waals surface area contributed by atoms with Crippen molar-refractivity contribution >= 4 is 11.6 Å². The van der Waals surface area contributed by atoms with Gasteiger partial charge in [0, 0.05) is 11.4 Å². The summed E-state index contributed by atoms with van der Waals surface area (Å²) in [7, 11) is 0. The second-order valence-electron chi connectivity index (χ2n) is 3.33. The molecule has 17 heavy (non-hydrogen) atoms. The molecule has 0 fully saturated rings. The van der Waals surface area contributed by atoms with E-state index in [1.54, 1.807) is 6.07 Å². The summed E-state index contributed by atoms with van der Waals surface area (Å²) in [6.45, 7) is 0.0458. The molecule has 0 spiro atoms. The van der Waals surface area contributed by atoms with Crippen LogP contribution in [0.5, 0.6) is 0 Å². The predicted molar refractivity (Wildman–Crippen MR) is 57.5 cm³/mol. The van der Waals surface area contributed by atoms with Gasteiger partial charge in [-0.05, 0) is 17.7 Å². The Kier molecular flexibility index (Phi) is 3.68. The lowest BCUT2D eigenvalue weighted by Gasteiger charge is -2.00. The number of nitrogens with zero attached hydrogens (tertiary/aromatic N) is 2. The molecular weight excluding hydrogens is 249 g/mol. The number of hydrogen-bond acceptors (Lipinski definition) is 5. The predicted octanol–water partition coefficient (Wildman–Crippen LogP) is 1.84. The van der Waals surface area contributed by atoms with Crippen molar-refractivity contribution < 1.29 is 13.8 Å². The van der Waals surface area contributed by atoms with Crippen molar-refractivity contribution in [1.29, 1.82) is 0 Å². The Labute approximate surface area is 101 Å². The maximum atomic E-state index is 12.8. The van der Waals surface area contributed by atoms with Crippen molar-refractivity contribution in [3.63, 3.8) is 0 Å². The molecule has 1 aromatic heterocycles. The van der Waals surface area contributed by atoms with Crippen LogP contribution in [0.15, 0.2) is 22.7 Å². The molecule has 0 aliphatic heterocycles. The van der Waals surface area contributed by atoms with Crippen molar-refractivity contribution in [3.05, 3.63) is 46.3 Å². The average Bonchev–Trinajstić information content (AvgIpc) is 2.71. The lowest BCUT2D eigenvalue weighted by Crippen LogP contribution is -1.99. The van der Waals surface area contributed by atoms with E-state index in [0.29, 0.717) is 22.8 Å². The van der Waals surface area contributed by atoms with E-state index in [9.17, 15) is 4.39 Å². The highest BCUT2D eigenvalue weighted by atomic mass is 35.5. The zero-order valence-electron chi connectivity index (χ0n) is 8.69. The Morgan fingerprint density at radius 3 is 3.00 bits per heavy atom. The van der Waals surface area contributed by atoms with Gasteiger partial charge in [0.25, 0.3) is 5.89 Å². The van der Waals surface area contributed by atoms with Crippen LogP contribution in [-0.2, 0) is 17.9 Å². The highest BCUT2D eigenvalue weighted by Gasteiger charge is 2.09. The van der Waals surface area contributed by atoms with Crippen LogP contribution in [0.1, 0.15) is 17.3 Å². The lowest BCUT2D eigenvalue weighted by atomic mass is 10.1. The van der Waals surface area contributed by atoms with Crippen LogP contribution < -0.4 is 5.90 Å². The van der Waals surface area contributed by atoms with Crippen LogP contribution in [0, 0.1) is 5.82 Å². The zero-order chi connectivity index (χ0) is 12.3. The molecule has 0 aliphatic rings. The van der Waals surface area contributed by atoms with Gasteiger partial charge in [-0.2, -0.15) is 4.98 Å².